The molecule has 1 aliphatic heterocycles. The number of benzene rings is 1. The minimum absolute atomic E-state index is 0.0136. The lowest BCUT2D eigenvalue weighted by Gasteiger charge is -2.34. The summed E-state index contributed by atoms with van der Waals surface area (Å²) >= 11 is 0. The van der Waals surface area contributed by atoms with Crippen molar-refractivity contribution < 1.29 is 26.2 Å². The van der Waals surface area contributed by atoms with Crippen molar-refractivity contribution in [2.45, 2.75) is 49.3 Å². The van der Waals surface area contributed by atoms with Crippen molar-refractivity contribution in [1.82, 2.24) is 19.1 Å². The second-order valence-corrected chi connectivity index (χ2v) is 12.0. The maximum Gasteiger partial charge on any atom is 0.245 e. The molecule has 2 heterocycles. The van der Waals surface area contributed by atoms with Gasteiger partial charge in [-0.1, -0.05) is 11.2 Å². The van der Waals surface area contributed by atoms with Crippen molar-refractivity contribution in [3.63, 3.8) is 0 Å². The van der Waals surface area contributed by atoms with Crippen LogP contribution in [0.3, 0.4) is 0 Å². The molecule has 1 aromatic heterocycles. The van der Waals surface area contributed by atoms with E-state index in [-0.39, 0.29) is 61.4 Å². The molecule has 1 fully saturated rings. The van der Waals surface area contributed by atoms with Gasteiger partial charge in [0.2, 0.25) is 26.0 Å². The van der Waals surface area contributed by atoms with Gasteiger partial charge in [-0.25, -0.2) is 21.6 Å². The normalized spacial score (nSPS) is 17.3. The first-order valence-electron chi connectivity index (χ1n) is 10.9. The summed E-state index contributed by atoms with van der Waals surface area (Å²) in [7, 11) is -7.45. The highest BCUT2D eigenvalue weighted by Gasteiger charge is 2.31. The number of sulfonamides is 2. The van der Waals surface area contributed by atoms with Gasteiger partial charge in [0, 0.05) is 39.1 Å². The third kappa shape index (κ3) is 4.84. The van der Waals surface area contributed by atoms with Crippen LogP contribution in [0.5, 0.6) is 0 Å². The van der Waals surface area contributed by atoms with E-state index in [1.165, 1.54) is 23.7 Å². The summed E-state index contributed by atoms with van der Waals surface area (Å²) in [4.78, 5) is 14.4. The fourth-order valence-corrected chi connectivity index (χ4v) is 7.25. The van der Waals surface area contributed by atoms with E-state index in [1.54, 1.807) is 17.0 Å². The summed E-state index contributed by atoms with van der Waals surface area (Å²) in [6, 6.07) is 5.35. The number of hydrogen-bond acceptors (Lipinski definition) is 7. The van der Waals surface area contributed by atoms with Crippen LogP contribution in [-0.4, -0.2) is 69.8 Å². The van der Waals surface area contributed by atoms with Gasteiger partial charge in [-0.3, -0.25) is 4.79 Å². The summed E-state index contributed by atoms with van der Waals surface area (Å²) < 4.78 is 59.7. The Labute approximate surface area is 194 Å². The van der Waals surface area contributed by atoms with Crippen LogP contribution in [-0.2, 0) is 37.7 Å². The molecule has 1 aromatic carbocycles. The van der Waals surface area contributed by atoms with Gasteiger partial charge < -0.3 is 9.42 Å². The lowest BCUT2D eigenvalue weighted by molar-refractivity contribution is -0.132. The van der Waals surface area contributed by atoms with E-state index in [2.05, 4.69) is 9.88 Å². The van der Waals surface area contributed by atoms with Crippen LogP contribution in [0.2, 0.25) is 0 Å². The largest absolute Gasteiger partial charge is 0.360 e. The summed E-state index contributed by atoms with van der Waals surface area (Å²) in [5.41, 5.74) is 2.57. The Morgan fingerprint density at radius 2 is 1.76 bits per heavy atom. The molecule has 10 nitrogen and oxygen atoms in total. The standard InChI is InChI=1S/C21H28N4O6S2/c1-15-21(16(2)31-23-15)32(27,28)22-9-8-20(26)24-10-12-25(13-11-24)33(29,30)19-7-6-17-4-3-5-18(17)14-19/h6-7,14,22H,3-5,8-13H2,1-2H3. The number of aromatic nitrogens is 1. The molecule has 0 saturated carbocycles. The van der Waals surface area contributed by atoms with Crippen molar-refractivity contribution in [3.8, 4) is 0 Å². The number of carbonyl (C=O) groups is 1. The Morgan fingerprint density at radius 3 is 2.42 bits per heavy atom. The van der Waals surface area contributed by atoms with Crippen LogP contribution in [0.15, 0.2) is 32.5 Å². The first kappa shape index (κ1) is 23.9. The molecule has 12 heteroatoms. The number of rotatable bonds is 7. The molecule has 180 valence electrons. The number of nitrogens with one attached hydrogen (secondary N) is 1. The van der Waals surface area contributed by atoms with Gasteiger partial charge in [0.15, 0.2) is 5.76 Å². The summed E-state index contributed by atoms with van der Waals surface area (Å²) in [5, 5.41) is 3.64. The van der Waals surface area contributed by atoms with Crippen molar-refractivity contribution in [1.29, 1.82) is 0 Å². The first-order valence-corrected chi connectivity index (χ1v) is 13.8. The molecule has 0 spiro atoms. The smallest absolute Gasteiger partial charge is 0.245 e. The van der Waals surface area contributed by atoms with E-state index in [4.69, 9.17) is 4.52 Å². The average molecular weight is 497 g/mol. The van der Waals surface area contributed by atoms with E-state index < -0.39 is 20.0 Å². The van der Waals surface area contributed by atoms with Crippen LogP contribution in [0.1, 0.15) is 35.4 Å². The molecule has 1 N–H and O–H groups in total. The van der Waals surface area contributed by atoms with Crippen LogP contribution in [0.25, 0.3) is 0 Å². The van der Waals surface area contributed by atoms with Crippen LogP contribution >= 0.6 is 0 Å². The second-order valence-electron chi connectivity index (χ2n) is 8.37. The maximum atomic E-state index is 13.0. The molecular weight excluding hydrogens is 468 g/mol. The lowest BCUT2D eigenvalue weighted by Crippen LogP contribution is -2.50. The lowest BCUT2D eigenvalue weighted by atomic mass is 10.1. The molecule has 4 rings (SSSR count). The molecule has 0 radical (unpaired) electrons. The molecule has 2 aromatic rings. The van der Waals surface area contributed by atoms with E-state index in [1.807, 2.05) is 6.07 Å². The number of hydrogen-bond donors (Lipinski definition) is 1. The number of aryl methyl sites for hydroxylation is 4. The number of amides is 1. The van der Waals surface area contributed by atoms with Crippen molar-refractivity contribution in [2.24, 2.45) is 0 Å². The van der Waals surface area contributed by atoms with Gasteiger partial charge in [0.1, 0.15) is 10.6 Å². The van der Waals surface area contributed by atoms with Crippen LogP contribution in [0.4, 0.5) is 0 Å². The molecule has 2 aliphatic rings. The van der Waals surface area contributed by atoms with Crippen molar-refractivity contribution in [3.05, 3.63) is 40.8 Å². The highest BCUT2D eigenvalue weighted by molar-refractivity contribution is 7.89. The van der Waals surface area contributed by atoms with E-state index in [9.17, 15) is 21.6 Å². The van der Waals surface area contributed by atoms with Crippen molar-refractivity contribution in [2.75, 3.05) is 32.7 Å². The Morgan fingerprint density at radius 1 is 1.06 bits per heavy atom. The minimum atomic E-state index is -3.83. The summed E-state index contributed by atoms with van der Waals surface area (Å²) in [5.74, 6) is -0.0435. The molecule has 1 amide bonds. The zero-order valence-corrected chi connectivity index (χ0v) is 20.3. The topological polar surface area (TPSA) is 130 Å². The Bertz CT molecular complexity index is 1240. The predicted molar refractivity (Wildman–Crippen MR) is 120 cm³/mol. The fourth-order valence-electron chi connectivity index (χ4n) is 4.42. The second kappa shape index (κ2) is 9.16. The molecule has 33 heavy (non-hydrogen) atoms. The number of fused-ring (bicyclic) bond motifs is 1. The Hall–Kier alpha value is -2.28. The third-order valence-corrected chi connectivity index (χ3v) is 9.77. The minimum Gasteiger partial charge on any atom is -0.360 e. The van der Waals surface area contributed by atoms with E-state index in [0.717, 1.165) is 24.8 Å². The SMILES string of the molecule is Cc1noc(C)c1S(=O)(=O)NCCC(=O)N1CCN(S(=O)(=O)c2ccc3c(c2)CCC3)CC1. The molecular formula is C21H28N4O6S2. The fraction of sp³-hybridized carbons (Fsp3) is 0.524. The van der Waals surface area contributed by atoms with E-state index in [0.29, 0.717) is 4.90 Å². The predicted octanol–water partition coefficient (Wildman–Crippen LogP) is 0.982. The summed E-state index contributed by atoms with van der Waals surface area (Å²) in [6.07, 6.45) is 2.92. The molecule has 0 unspecified atom stereocenters. The highest BCUT2D eigenvalue weighted by atomic mass is 32.2. The molecule has 0 bridgehead atoms. The quantitative estimate of drug-likeness (QED) is 0.605. The van der Waals surface area contributed by atoms with Gasteiger partial charge in [0.25, 0.3) is 0 Å². The Kier molecular flexibility index (Phi) is 6.63. The van der Waals surface area contributed by atoms with Gasteiger partial charge >= 0.3 is 0 Å². The highest BCUT2D eigenvalue weighted by Crippen LogP contribution is 2.27. The zero-order chi connectivity index (χ0) is 23.8. The van der Waals surface area contributed by atoms with E-state index >= 15 is 0 Å². The third-order valence-electron chi connectivity index (χ3n) is 6.17. The monoisotopic (exact) mass is 496 g/mol. The number of nitrogens with zero attached hydrogens (tertiary/aromatic N) is 3. The number of piperazine rings is 1. The first-order chi connectivity index (χ1) is 15.6. The average Bonchev–Trinajstić information content (AvgIpc) is 3.39. The van der Waals surface area contributed by atoms with Crippen molar-refractivity contribution >= 4 is 26.0 Å². The molecule has 1 aliphatic carbocycles. The van der Waals surface area contributed by atoms with Gasteiger partial charge in [0.05, 0.1) is 4.90 Å². The summed E-state index contributed by atoms with van der Waals surface area (Å²) in [6.45, 7) is 3.91. The van der Waals surface area contributed by atoms with Gasteiger partial charge in [-0.2, -0.15) is 4.31 Å². The van der Waals surface area contributed by atoms with Gasteiger partial charge in [-0.15, -0.1) is 0 Å². The number of carbonyl (C=O) groups excluding carboxylic acids is 1. The molecule has 0 atom stereocenters. The van der Waals surface area contributed by atoms with Crippen LogP contribution < -0.4 is 4.72 Å². The Balaban J connectivity index is 1.30. The van der Waals surface area contributed by atoms with Crippen LogP contribution in [0, 0.1) is 13.8 Å². The maximum absolute atomic E-state index is 13.0. The van der Waals surface area contributed by atoms with Gasteiger partial charge in [-0.05, 0) is 56.4 Å². The zero-order valence-electron chi connectivity index (χ0n) is 18.7. The molecule has 1 saturated heterocycles.